The van der Waals surface area contributed by atoms with Crippen LogP contribution in [0.1, 0.15) is 41.2 Å². The maximum atomic E-state index is 13.2. The molecule has 1 amide bonds. The molecule has 4 nitrogen and oxygen atoms in total. The number of rotatable bonds is 4. The molecule has 3 rings (SSSR count). The Hall–Kier alpha value is -2.01. The fourth-order valence-corrected chi connectivity index (χ4v) is 3.78. The second-order valence-corrected chi connectivity index (χ2v) is 6.64. The minimum Gasteiger partial charge on any atom is -0.497 e. The average molecular weight is 342 g/mol. The van der Waals surface area contributed by atoms with E-state index >= 15 is 0 Å². The van der Waals surface area contributed by atoms with Crippen LogP contribution in [0.25, 0.3) is 0 Å². The number of benzene rings is 1. The summed E-state index contributed by atoms with van der Waals surface area (Å²) in [5.41, 5.74) is 1.83. The Balaban J connectivity index is 1.93. The van der Waals surface area contributed by atoms with E-state index in [9.17, 15) is 4.79 Å². The lowest BCUT2D eigenvalue weighted by molar-refractivity contribution is 0.0606. The molecule has 1 aliphatic rings. The van der Waals surface area contributed by atoms with Gasteiger partial charge in [-0.3, -0.25) is 4.79 Å². The Morgan fingerprint density at radius 1 is 1.29 bits per heavy atom. The predicted octanol–water partition coefficient (Wildman–Crippen LogP) is 4.18. The molecular weight excluding hydrogens is 320 g/mol. The third-order valence-corrected chi connectivity index (χ3v) is 5.15. The number of piperidine rings is 1. The second kappa shape index (κ2) is 7.71. The summed E-state index contributed by atoms with van der Waals surface area (Å²) < 4.78 is 5.35. The van der Waals surface area contributed by atoms with Crippen LogP contribution in [0.3, 0.4) is 0 Å². The summed E-state index contributed by atoms with van der Waals surface area (Å²) in [7, 11) is 1.67. The van der Waals surface area contributed by atoms with E-state index in [0.717, 1.165) is 42.1 Å². The number of ether oxygens (including phenoxy) is 1. The number of thioether (sulfide) groups is 1. The summed E-state index contributed by atoms with van der Waals surface area (Å²) in [5, 5.41) is 0.789. The fraction of sp³-hybridized carbons (Fsp3) is 0.368. The van der Waals surface area contributed by atoms with Crippen molar-refractivity contribution in [3.8, 4) is 5.75 Å². The SMILES string of the molecule is COc1cccc([C@@H]2CCCCN2C(=O)c2cccnc2SC)c1. The Labute approximate surface area is 147 Å². The molecule has 0 unspecified atom stereocenters. The van der Waals surface area contributed by atoms with Crippen molar-refractivity contribution in [3.63, 3.8) is 0 Å². The molecule has 0 aliphatic carbocycles. The van der Waals surface area contributed by atoms with Gasteiger partial charge in [0.15, 0.2) is 0 Å². The van der Waals surface area contributed by atoms with Crippen LogP contribution in [0.15, 0.2) is 47.6 Å². The molecule has 0 bridgehead atoms. The largest absolute Gasteiger partial charge is 0.497 e. The molecule has 0 N–H and O–H groups in total. The van der Waals surface area contributed by atoms with E-state index in [0.29, 0.717) is 5.56 Å². The summed E-state index contributed by atoms with van der Waals surface area (Å²) in [6, 6.07) is 11.8. The number of methoxy groups -OCH3 is 1. The number of hydrogen-bond donors (Lipinski definition) is 0. The van der Waals surface area contributed by atoms with Crippen molar-refractivity contribution in [1.29, 1.82) is 0 Å². The van der Waals surface area contributed by atoms with Crippen LogP contribution in [0.4, 0.5) is 0 Å². The van der Waals surface area contributed by atoms with Crippen molar-refractivity contribution in [2.45, 2.75) is 30.3 Å². The first kappa shape index (κ1) is 16.8. The minimum absolute atomic E-state index is 0.0694. The highest BCUT2D eigenvalue weighted by molar-refractivity contribution is 7.98. The number of likely N-dealkylation sites (tertiary alicyclic amines) is 1. The quantitative estimate of drug-likeness (QED) is 0.782. The molecule has 126 valence electrons. The van der Waals surface area contributed by atoms with Crippen LogP contribution in [0.5, 0.6) is 5.75 Å². The molecular formula is C19H22N2O2S. The van der Waals surface area contributed by atoms with Gasteiger partial charge in [0.25, 0.3) is 5.91 Å². The molecule has 1 saturated heterocycles. The van der Waals surface area contributed by atoms with E-state index in [1.165, 1.54) is 11.8 Å². The topological polar surface area (TPSA) is 42.4 Å². The van der Waals surface area contributed by atoms with Gasteiger partial charge in [-0.2, -0.15) is 0 Å². The molecule has 2 heterocycles. The Kier molecular flexibility index (Phi) is 5.41. The van der Waals surface area contributed by atoms with Gasteiger partial charge in [-0.15, -0.1) is 11.8 Å². The van der Waals surface area contributed by atoms with Gasteiger partial charge in [0.2, 0.25) is 0 Å². The molecule has 1 atom stereocenters. The van der Waals surface area contributed by atoms with Gasteiger partial charge in [0.05, 0.1) is 18.7 Å². The summed E-state index contributed by atoms with van der Waals surface area (Å²) in [6.45, 7) is 0.781. The number of amides is 1. The van der Waals surface area contributed by atoms with Crippen molar-refractivity contribution in [2.24, 2.45) is 0 Å². The molecule has 2 aromatic rings. The molecule has 1 fully saturated rings. The first-order chi connectivity index (χ1) is 11.7. The number of nitrogens with zero attached hydrogens (tertiary/aromatic N) is 2. The van der Waals surface area contributed by atoms with E-state index in [1.807, 2.05) is 41.5 Å². The summed E-state index contributed by atoms with van der Waals surface area (Å²) in [5.74, 6) is 0.900. The van der Waals surface area contributed by atoms with E-state index < -0.39 is 0 Å². The Morgan fingerprint density at radius 3 is 2.96 bits per heavy atom. The van der Waals surface area contributed by atoms with E-state index in [4.69, 9.17) is 4.74 Å². The van der Waals surface area contributed by atoms with Crippen molar-refractivity contribution < 1.29 is 9.53 Å². The zero-order valence-electron chi connectivity index (χ0n) is 14.1. The minimum atomic E-state index is 0.0694. The van der Waals surface area contributed by atoms with Crippen LogP contribution in [-0.4, -0.2) is 35.7 Å². The zero-order valence-corrected chi connectivity index (χ0v) is 14.9. The van der Waals surface area contributed by atoms with Crippen molar-refractivity contribution in [2.75, 3.05) is 19.9 Å². The smallest absolute Gasteiger partial charge is 0.257 e. The van der Waals surface area contributed by atoms with Crippen LogP contribution in [-0.2, 0) is 0 Å². The highest BCUT2D eigenvalue weighted by Gasteiger charge is 2.30. The van der Waals surface area contributed by atoms with Gasteiger partial charge in [0, 0.05) is 12.7 Å². The highest BCUT2D eigenvalue weighted by atomic mass is 32.2. The van der Waals surface area contributed by atoms with Crippen molar-refractivity contribution in [3.05, 3.63) is 53.7 Å². The fourth-order valence-electron chi connectivity index (χ4n) is 3.24. The molecule has 0 saturated carbocycles. The lowest BCUT2D eigenvalue weighted by Gasteiger charge is -2.36. The van der Waals surface area contributed by atoms with E-state index in [-0.39, 0.29) is 11.9 Å². The number of hydrogen-bond acceptors (Lipinski definition) is 4. The van der Waals surface area contributed by atoms with Gasteiger partial charge >= 0.3 is 0 Å². The highest BCUT2D eigenvalue weighted by Crippen LogP contribution is 2.34. The molecule has 1 aromatic carbocycles. The van der Waals surface area contributed by atoms with Crippen LogP contribution in [0.2, 0.25) is 0 Å². The molecule has 1 aromatic heterocycles. The first-order valence-corrected chi connectivity index (χ1v) is 9.41. The Bertz CT molecular complexity index is 720. The van der Waals surface area contributed by atoms with Gasteiger partial charge in [-0.25, -0.2) is 4.98 Å². The monoisotopic (exact) mass is 342 g/mol. The number of pyridine rings is 1. The standard InChI is InChI=1S/C19H22N2O2S/c1-23-15-8-5-7-14(13-15)17-10-3-4-12-21(17)19(22)16-9-6-11-20-18(16)24-2/h5-9,11,13,17H,3-4,10,12H2,1-2H3/t17-/m0/s1. The third-order valence-electron chi connectivity index (χ3n) is 4.44. The first-order valence-electron chi connectivity index (χ1n) is 8.18. The maximum absolute atomic E-state index is 13.2. The van der Waals surface area contributed by atoms with Crippen molar-refractivity contribution >= 4 is 17.7 Å². The summed E-state index contributed by atoms with van der Waals surface area (Å²) in [4.78, 5) is 19.5. The number of carbonyl (C=O) groups excluding carboxylic acids is 1. The molecule has 0 radical (unpaired) electrons. The van der Waals surface area contributed by atoms with Gasteiger partial charge in [0.1, 0.15) is 10.8 Å². The van der Waals surface area contributed by atoms with Crippen LogP contribution in [0, 0.1) is 0 Å². The summed E-state index contributed by atoms with van der Waals surface area (Å²) >= 11 is 1.51. The molecule has 24 heavy (non-hydrogen) atoms. The lowest BCUT2D eigenvalue weighted by atomic mass is 9.94. The third kappa shape index (κ3) is 3.41. The number of carbonyl (C=O) groups is 1. The number of aromatic nitrogens is 1. The maximum Gasteiger partial charge on any atom is 0.257 e. The van der Waals surface area contributed by atoms with Gasteiger partial charge < -0.3 is 9.64 Å². The van der Waals surface area contributed by atoms with Crippen LogP contribution >= 0.6 is 11.8 Å². The molecule has 5 heteroatoms. The lowest BCUT2D eigenvalue weighted by Crippen LogP contribution is -2.38. The normalized spacial score (nSPS) is 17.6. The van der Waals surface area contributed by atoms with Gasteiger partial charge in [-0.1, -0.05) is 12.1 Å². The molecule has 0 spiro atoms. The molecule has 1 aliphatic heterocycles. The van der Waals surface area contributed by atoms with E-state index in [2.05, 4.69) is 11.1 Å². The Morgan fingerprint density at radius 2 is 2.17 bits per heavy atom. The van der Waals surface area contributed by atoms with Gasteiger partial charge in [-0.05, 0) is 55.3 Å². The van der Waals surface area contributed by atoms with E-state index in [1.54, 1.807) is 13.3 Å². The zero-order chi connectivity index (χ0) is 16.9. The van der Waals surface area contributed by atoms with Crippen LogP contribution < -0.4 is 4.74 Å². The average Bonchev–Trinajstić information content (AvgIpc) is 2.67. The second-order valence-electron chi connectivity index (χ2n) is 5.85. The predicted molar refractivity (Wildman–Crippen MR) is 96.6 cm³/mol. The summed E-state index contributed by atoms with van der Waals surface area (Å²) in [6.07, 6.45) is 6.84. The van der Waals surface area contributed by atoms with Crippen molar-refractivity contribution in [1.82, 2.24) is 9.88 Å².